The van der Waals surface area contributed by atoms with Crippen LogP contribution in [0.25, 0.3) is 16.5 Å². The summed E-state index contributed by atoms with van der Waals surface area (Å²) >= 11 is 0. The molecule has 1 atom stereocenters. The Hall–Kier alpha value is -2.93. The number of hydrogen-bond acceptors (Lipinski definition) is 4. The van der Waals surface area contributed by atoms with Gasteiger partial charge in [-0.05, 0) is 39.4 Å². The van der Waals surface area contributed by atoms with Crippen LogP contribution in [0.5, 0.6) is 0 Å². The Morgan fingerprint density at radius 1 is 1.07 bits per heavy atom. The second-order valence-electron chi connectivity index (χ2n) is 7.96. The minimum Gasteiger partial charge on any atom is -0.338 e. The van der Waals surface area contributed by atoms with Crippen molar-refractivity contribution in [3.05, 3.63) is 58.3 Å². The molecule has 1 aromatic carbocycles. The van der Waals surface area contributed by atoms with E-state index in [0.29, 0.717) is 5.39 Å². The Labute approximate surface area is 176 Å². The van der Waals surface area contributed by atoms with Crippen molar-refractivity contribution >= 4 is 16.7 Å². The molecule has 7 heteroatoms. The molecule has 2 aromatic heterocycles. The van der Waals surface area contributed by atoms with Gasteiger partial charge in [0.25, 0.3) is 5.56 Å². The lowest BCUT2D eigenvalue weighted by atomic mass is 10.2. The number of nitrogens with zero attached hydrogens (tertiary/aromatic N) is 5. The van der Waals surface area contributed by atoms with Crippen LogP contribution < -0.4 is 5.56 Å². The fraction of sp³-hybridized carbons (Fsp3) is 0.435. The number of likely N-dealkylation sites (N-methyl/N-ethyl adjacent to an activating group) is 1. The predicted octanol–water partition coefficient (Wildman–Crippen LogP) is 2.53. The average Bonchev–Trinajstić information content (AvgIpc) is 3.04. The first-order valence-electron chi connectivity index (χ1n) is 10.6. The van der Waals surface area contributed by atoms with Crippen LogP contribution in [0.3, 0.4) is 0 Å². The van der Waals surface area contributed by atoms with Gasteiger partial charge < -0.3 is 14.4 Å². The summed E-state index contributed by atoms with van der Waals surface area (Å²) in [5.74, 6) is 0.105. The average molecular weight is 408 g/mol. The van der Waals surface area contributed by atoms with Crippen LogP contribution in [0, 0.1) is 13.8 Å². The zero-order valence-electron chi connectivity index (χ0n) is 18.1. The number of benzene rings is 1. The lowest BCUT2D eigenvalue weighted by molar-refractivity contribution is -0.136. The van der Waals surface area contributed by atoms with Crippen molar-refractivity contribution in [3.63, 3.8) is 0 Å². The van der Waals surface area contributed by atoms with Gasteiger partial charge in [-0.2, -0.15) is 9.78 Å². The lowest BCUT2D eigenvalue weighted by Gasteiger charge is -2.36. The number of hydrogen-bond donors (Lipinski definition) is 0. The van der Waals surface area contributed by atoms with E-state index in [1.54, 1.807) is 6.20 Å². The summed E-state index contributed by atoms with van der Waals surface area (Å²) in [5, 5.41) is 5.83. The highest BCUT2D eigenvalue weighted by molar-refractivity contribution is 5.89. The van der Waals surface area contributed by atoms with Crippen molar-refractivity contribution in [2.24, 2.45) is 0 Å². The van der Waals surface area contributed by atoms with Crippen molar-refractivity contribution in [1.29, 1.82) is 0 Å². The van der Waals surface area contributed by atoms with Crippen molar-refractivity contribution in [2.75, 3.05) is 32.7 Å². The Morgan fingerprint density at radius 2 is 1.73 bits per heavy atom. The highest BCUT2D eigenvalue weighted by Gasteiger charge is 2.28. The number of fused-ring (bicyclic) bond motifs is 1. The third kappa shape index (κ3) is 3.33. The van der Waals surface area contributed by atoms with Crippen LogP contribution in [0.15, 0.2) is 41.3 Å². The normalized spacial score (nSPS) is 16.2. The summed E-state index contributed by atoms with van der Waals surface area (Å²) in [4.78, 5) is 30.8. The fourth-order valence-corrected chi connectivity index (χ4v) is 4.57. The SMILES string of the molecule is CCN1CCN(C(=O)C(C)n2c(C)c3cnn(-c4ccccc4)c(=O)c3c2C)CC1. The van der Waals surface area contributed by atoms with Crippen LogP contribution in [0.1, 0.15) is 31.3 Å². The lowest BCUT2D eigenvalue weighted by Crippen LogP contribution is -2.50. The van der Waals surface area contributed by atoms with Crippen LogP contribution >= 0.6 is 0 Å². The van der Waals surface area contributed by atoms with Crippen molar-refractivity contribution < 1.29 is 4.79 Å². The summed E-state index contributed by atoms with van der Waals surface area (Å²) in [6.07, 6.45) is 1.74. The maximum atomic E-state index is 13.3. The Bertz CT molecular complexity index is 1120. The number of para-hydroxylation sites is 1. The molecule has 158 valence electrons. The molecule has 3 aromatic rings. The maximum Gasteiger partial charge on any atom is 0.281 e. The number of piperazine rings is 1. The van der Waals surface area contributed by atoms with Crippen molar-refractivity contribution in [1.82, 2.24) is 24.1 Å². The second kappa shape index (κ2) is 8.07. The molecule has 1 aliphatic heterocycles. The van der Waals surface area contributed by atoms with Gasteiger partial charge in [-0.25, -0.2) is 0 Å². The van der Waals surface area contributed by atoms with E-state index in [4.69, 9.17) is 0 Å². The van der Waals surface area contributed by atoms with Gasteiger partial charge in [0, 0.05) is 43.0 Å². The van der Waals surface area contributed by atoms with E-state index in [0.717, 1.165) is 55.2 Å². The van der Waals surface area contributed by atoms with Gasteiger partial charge in [0.15, 0.2) is 0 Å². The first-order valence-corrected chi connectivity index (χ1v) is 10.6. The van der Waals surface area contributed by atoms with E-state index in [2.05, 4.69) is 16.9 Å². The molecule has 1 unspecified atom stereocenters. The predicted molar refractivity (Wildman–Crippen MR) is 118 cm³/mol. The maximum absolute atomic E-state index is 13.3. The molecular formula is C23H29N5O2. The highest BCUT2D eigenvalue weighted by atomic mass is 16.2. The molecule has 0 aliphatic carbocycles. The molecule has 1 fully saturated rings. The zero-order chi connectivity index (χ0) is 21.4. The number of aryl methyl sites for hydroxylation is 2. The van der Waals surface area contributed by atoms with E-state index in [9.17, 15) is 9.59 Å². The molecule has 1 amide bonds. The molecule has 1 aliphatic rings. The third-order valence-electron chi connectivity index (χ3n) is 6.33. The third-order valence-corrected chi connectivity index (χ3v) is 6.33. The number of rotatable bonds is 4. The van der Waals surface area contributed by atoms with Crippen LogP contribution in [-0.4, -0.2) is 62.8 Å². The molecule has 1 saturated heterocycles. The number of carbonyl (C=O) groups excluding carboxylic acids is 1. The first kappa shape index (κ1) is 20.3. The Morgan fingerprint density at radius 3 is 2.37 bits per heavy atom. The Kier molecular flexibility index (Phi) is 5.47. The summed E-state index contributed by atoms with van der Waals surface area (Å²) in [6, 6.07) is 9.04. The van der Waals surface area contributed by atoms with Gasteiger partial charge in [0.05, 0.1) is 17.3 Å². The van der Waals surface area contributed by atoms with E-state index in [1.807, 2.05) is 60.6 Å². The molecule has 0 spiro atoms. The highest BCUT2D eigenvalue weighted by Crippen LogP contribution is 2.27. The Balaban J connectivity index is 1.72. The zero-order valence-corrected chi connectivity index (χ0v) is 18.1. The molecule has 0 saturated carbocycles. The standard InChI is InChI=1S/C23H29N5O2/c1-5-25-11-13-26(14-12-25)22(29)18(4)27-16(2)20-15-24-28(19-9-7-6-8-10-19)23(30)21(20)17(27)3/h6-10,15,18H,5,11-14H2,1-4H3. The number of amides is 1. The first-order chi connectivity index (χ1) is 14.4. The van der Waals surface area contributed by atoms with E-state index in [1.165, 1.54) is 4.68 Å². The van der Waals surface area contributed by atoms with Gasteiger partial charge in [-0.1, -0.05) is 25.1 Å². The largest absolute Gasteiger partial charge is 0.338 e. The van der Waals surface area contributed by atoms with Crippen LogP contribution in [0.4, 0.5) is 0 Å². The van der Waals surface area contributed by atoms with Crippen LogP contribution in [0.2, 0.25) is 0 Å². The van der Waals surface area contributed by atoms with Gasteiger partial charge >= 0.3 is 0 Å². The summed E-state index contributed by atoms with van der Waals surface area (Å²) in [7, 11) is 0. The number of carbonyl (C=O) groups is 1. The van der Waals surface area contributed by atoms with Gasteiger partial charge in [0.2, 0.25) is 5.91 Å². The molecule has 7 nitrogen and oxygen atoms in total. The van der Waals surface area contributed by atoms with E-state index >= 15 is 0 Å². The second-order valence-corrected chi connectivity index (χ2v) is 7.96. The fourth-order valence-electron chi connectivity index (χ4n) is 4.57. The summed E-state index contributed by atoms with van der Waals surface area (Å²) in [5.41, 5.74) is 2.29. The number of aromatic nitrogens is 3. The molecule has 3 heterocycles. The van der Waals surface area contributed by atoms with E-state index < -0.39 is 0 Å². The van der Waals surface area contributed by atoms with Gasteiger partial charge in [0.1, 0.15) is 6.04 Å². The molecule has 0 radical (unpaired) electrons. The minimum atomic E-state index is -0.366. The van der Waals surface area contributed by atoms with Crippen LogP contribution in [-0.2, 0) is 4.79 Å². The molecular weight excluding hydrogens is 378 g/mol. The smallest absolute Gasteiger partial charge is 0.281 e. The minimum absolute atomic E-state index is 0.105. The van der Waals surface area contributed by atoms with Crippen molar-refractivity contribution in [3.8, 4) is 5.69 Å². The van der Waals surface area contributed by atoms with Gasteiger partial charge in [-0.15, -0.1) is 0 Å². The summed E-state index contributed by atoms with van der Waals surface area (Å²) < 4.78 is 3.42. The summed E-state index contributed by atoms with van der Waals surface area (Å²) in [6.45, 7) is 12.3. The van der Waals surface area contributed by atoms with Crippen molar-refractivity contribution in [2.45, 2.75) is 33.7 Å². The monoisotopic (exact) mass is 407 g/mol. The molecule has 0 bridgehead atoms. The molecule has 0 N–H and O–H groups in total. The van der Waals surface area contributed by atoms with E-state index in [-0.39, 0.29) is 17.5 Å². The van der Waals surface area contributed by atoms with Gasteiger partial charge in [-0.3, -0.25) is 9.59 Å². The molecule has 4 rings (SSSR count). The molecule has 30 heavy (non-hydrogen) atoms. The quantitative estimate of drug-likeness (QED) is 0.667. The topological polar surface area (TPSA) is 63.4 Å².